The second kappa shape index (κ2) is 5.78. The van der Waals surface area contributed by atoms with Crippen molar-refractivity contribution in [1.82, 2.24) is 5.43 Å². The van der Waals surface area contributed by atoms with Gasteiger partial charge in [-0.15, -0.1) is 0 Å². The summed E-state index contributed by atoms with van der Waals surface area (Å²) in [6, 6.07) is 17.6. The van der Waals surface area contributed by atoms with Gasteiger partial charge in [-0.05, 0) is 42.9 Å². The van der Waals surface area contributed by atoms with Crippen LogP contribution in [0.2, 0.25) is 0 Å². The molecule has 2 aromatic carbocycles. The third-order valence-electron chi connectivity index (χ3n) is 4.40. The number of hydrogen-bond acceptors (Lipinski definition) is 2. The molecule has 0 aromatic heterocycles. The van der Waals surface area contributed by atoms with Crippen molar-refractivity contribution in [2.75, 3.05) is 0 Å². The Balaban J connectivity index is 1.99. The fourth-order valence-electron chi connectivity index (χ4n) is 3.45. The Hall–Kier alpha value is -1.64. The second-order valence-corrected chi connectivity index (χ2v) is 5.76. The largest absolute Gasteiger partial charge is 0.271 e. The highest BCUT2D eigenvalue weighted by molar-refractivity contribution is 5.37. The minimum absolute atomic E-state index is 0.191. The molecule has 3 N–H and O–H groups in total. The highest BCUT2D eigenvalue weighted by atomic mass is 15.2. The van der Waals surface area contributed by atoms with Crippen LogP contribution in [0.4, 0.5) is 0 Å². The van der Waals surface area contributed by atoms with Gasteiger partial charge in [0.1, 0.15) is 0 Å². The molecule has 104 valence electrons. The van der Waals surface area contributed by atoms with Gasteiger partial charge in [0.15, 0.2) is 0 Å². The van der Waals surface area contributed by atoms with Crippen LogP contribution >= 0.6 is 0 Å². The topological polar surface area (TPSA) is 38.0 Å². The van der Waals surface area contributed by atoms with E-state index in [4.69, 9.17) is 5.84 Å². The van der Waals surface area contributed by atoms with E-state index in [1.54, 1.807) is 0 Å². The van der Waals surface area contributed by atoms with Crippen molar-refractivity contribution in [2.24, 2.45) is 5.84 Å². The van der Waals surface area contributed by atoms with Gasteiger partial charge in [0, 0.05) is 5.92 Å². The first kappa shape index (κ1) is 13.3. The quantitative estimate of drug-likeness (QED) is 0.658. The van der Waals surface area contributed by atoms with Crippen LogP contribution in [0.1, 0.15) is 47.1 Å². The number of benzene rings is 2. The third kappa shape index (κ3) is 2.49. The molecule has 0 amide bonds. The molecule has 0 heterocycles. The Morgan fingerprint density at radius 1 is 1.15 bits per heavy atom. The normalized spacial score (nSPS) is 19.4. The van der Waals surface area contributed by atoms with Gasteiger partial charge in [-0.3, -0.25) is 11.3 Å². The summed E-state index contributed by atoms with van der Waals surface area (Å²) in [5.74, 6) is 6.36. The van der Waals surface area contributed by atoms with Crippen LogP contribution in [0.25, 0.3) is 0 Å². The smallest absolute Gasteiger partial charge is 0.0528 e. The number of aryl methyl sites for hydroxylation is 2. The molecule has 1 aliphatic carbocycles. The standard InChI is InChI=1S/C18H22N2/c1-13-6-4-9-15(12-13)18(20-19)17-11-5-8-14-7-2-3-10-16(14)17/h2-4,6-7,9-10,12,17-18,20H,5,8,11,19H2,1H3. The minimum atomic E-state index is 0.191. The number of hydrazine groups is 1. The fourth-order valence-corrected chi connectivity index (χ4v) is 3.45. The molecule has 0 aliphatic heterocycles. The van der Waals surface area contributed by atoms with Gasteiger partial charge < -0.3 is 0 Å². The molecule has 0 saturated heterocycles. The van der Waals surface area contributed by atoms with Crippen molar-refractivity contribution in [3.05, 3.63) is 70.8 Å². The molecule has 20 heavy (non-hydrogen) atoms. The number of hydrogen-bond donors (Lipinski definition) is 2. The van der Waals surface area contributed by atoms with E-state index in [9.17, 15) is 0 Å². The minimum Gasteiger partial charge on any atom is -0.271 e. The highest BCUT2D eigenvalue weighted by Gasteiger charge is 2.28. The van der Waals surface area contributed by atoms with E-state index in [2.05, 4.69) is 60.9 Å². The SMILES string of the molecule is Cc1cccc(C(NN)C2CCCc3ccccc32)c1. The Morgan fingerprint density at radius 3 is 2.80 bits per heavy atom. The zero-order chi connectivity index (χ0) is 13.9. The van der Waals surface area contributed by atoms with Crippen molar-refractivity contribution in [1.29, 1.82) is 0 Å². The van der Waals surface area contributed by atoms with Crippen LogP contribution in [-0.2, 0) is 6.42 Å². The summed E-state index contributed by atoms with van der Waals surface area (Å²) in [6.07, 6.45) is 3.63. The first-order valence-corrected chi connectivity index (χ1v) is 7.40. The number of rotatable bonds is 3. The molecule has 2 aromatic rings. The van der Waals surface area contributed by atoms with E-state index in [1.807, 2.05) is 0 Å². The molecule has 2 unspecified atom stereocenters. The van der Waals surface area contributed by atoms with E-state index in [0.29, 0.717) is 5.92 Å². The van der Waals surface area contributed by atoms with Crippen molar-refractivity contribution < 1.29 is 0 Å². The molecule has 0 radical (unpaired) electrons. The van der Waals surface area contributed by atoms with E-state index in [0.717, 1.165) is 0 Å². The Bertz CT molecular complexity index is 591. The summed E-state index contributed by atoms with van der Waals surface area (Å²) < 4.78 is 0. The molecule has 2 atom stereocenters. The molecule has 0 saturated carbocycles. The summed E-state index contributed by atoms with van der Waals surface area (Å²) >= 11 is 0. The summed E-state index contributed by atoms with van der Waals surface area (Å²) in [5, 5.41) is 0. The Labute approximate surface area is 121 Å². The molecule has 2 nitrogen and oxygen atoms in total. The monoisotopic (exact) mass is 266 g/mol. The lowest BCUT2D eigenvalue weighted by Gasteiger charge is -2.32. The van der Waals surface area contributed by atoms with Crippen molar-refractivity contribution in [2.45, 2.75) is 38.1 Å². The lowest BCUT2D eigenvalue weighted by molar-refractivity contribution is 0.408. The van der Waals surface area contributed by atoms with Crippen molar-refractivity contribution >= 4 is 0 Å². The third-order valence-corrected chi connectivity index (χ3v) is 4.40. The van der Waals surface area contributed by atoms with Crippen molar-refractivity contribution in [3.63, 3.8) is 0 Å². The molecule has 0 fully saturated rings. The Kier molecular flexibility index (Phi) is 3.86. The van der Waals surface area contributed by atoms with E-state index in [1.165, 1.54) is 41.5 Å². The van der Waals surface area contributed by atoms with E-state index >= 15 is 0 Å². The van der Waals surface area contributed by atoms with Gasteiger partial charge in [-0.1, -0.05) is 54.1 Å². The van der Waals surface area contributed by atoms with Gasteiger partial charge in [-0.25, -0.2) is 0 Å². The van der Waals surface area contributed by atoms with Gasteiger partial charge in [0.2, 0.25) is 0 Å². The summed E-state index contributed by atoms with van der Waals surface area (Å²) in [7, 11) is 0. The summed E-state index contributed by atoms with van der Waals surface area (Å²) in [4.78, 5) is 0. The van der Waals surface area contributed by atoms with Crippen LogP contribution in [0, 0.1) is 6.92 Å². The average molecular weight is 266 g/mol. The number of nitrogens with two attached hydrogens (primary N) is 1. The molecule has 3 rings (SSSR count). The predicted molar refractivity (Wildman–Crippen MR) is 83.4 cm³/mol. The second-order valence-electron chi connectivity index (χ2n) is 5.76. The lowest BCUT2D eigenvalue weighted by atomic mass is 9.77. The van der Waals surface area contributed by atoms with Crippen LogP contribution in [0.5, 0.6) is 0 Å². The van der Waals surface area contributed by atoms with Crippen LogP contribution in [-0.4, -0.2) is 0 Å². The molecular formula is C18H22N2. The molecule has 2 heteroatoms. The molecule has 0 bridgehead atoms. The van der Waals surface area contributed by atoms with Crippen molar-refractivity contribution in [3.8, 4) is 0 Å². The van der Waals surface area contributed by atoms with E-state index in [-0.39, 0.29) is 6.04 Å². The van der Waals surface area contributed by atoms with Crippen LogP contribution in [0.15, 0.2) is 48.5 Å². The number of nitrogens with one attached hydrogen (secondary N) is 1. The first-order valence-electron chi connectivity index (χ1n) is 7.40. The maximum absolute atomic E-state index is 5.89. The van der Waals surface area contributed by atoms with Gasteiger partial charge in [0.25, 0.3) is 0 Å². The average Bonchev–Trinajstić information content (AvgIpc) is 2.48. The maximum atomic E-state index is 5.89. The lowest BCUT2D eigenvalue weighted by Crippen LogP contribution is -2.34. The van der Waals surface area contributed by atoms with Gasteiger partial charge in [-0.2, -0.15) is 0 Å². The predicted octanol–water partition coefficient (Wildman–Crippen LogP) is 3.62. The first-order chi connectivity index (χ1) is 9.79. The maximum Gasteiger partial charge on any atom is 0.0528 e. The van der Waals surface area contributed by atoms with E-state index < -0.39 is 0 Å². The molecule has 1 aliphatic rings. The summed E-state index contributed by atoms with van der Waals surface area (Å²) in [6.45, 7) is 2.13. The molecular weight excluding hydrogens is 244 g/mol. The van der Waals surface area contributed by atoms with Crippen LogP contribution in [0.3, 0.4) is 0 Å². The highest BCUT2D eigenvalue weighted by Crippen LogP contribution is 2.39. The van der Waals surface area contributed by atoms with Crippen LogP contribution < -0.4 is 11.3 Å². The summed E-state index contributed by atoms with van der Waals surface area (Å²) in [5.41, 5.74) is 8.57. The zero-order valence-corrected chi connectivity index (χ0v) is 12.0. The van der Waals surface area contributed by atoms with Gasteiger partial charge in [0.05, 0.1) is 6.04 Å². The number of fused-ring (bicyclic) bond motifs is 1. The molecule has 0 spiro atoms. The fraction of sp³-hybridized carbons (Fsp3) is 0.333. The zero-order valence-electron chi connectivity index (χ0n) is 12.0. The Morgan fingerprint density at radius 2 is 2.00 bits per heavy atom. The van der Waals surface area contributed by atoms with Gasteiger partial charge >= 0.3 is 0 Å².